The molecule has 2 heterocycles. The maximum atomic E-state index is 12.4. The Morgan fingerprint density at radius 3 is 2.84 bits per heavy atom. The number of nitrogens with one attached hydrogen (secondary N) is 1. The first kappa shape index (κ1) is 20.1. The minimum atomic E-state index is -0.173. The van der Waals surface area contributed by atoms with E-state index in [1.54, 1.807) is 0 Å². The Labute approximate surface area is 183 Å². The van der Waals surface area contributed by atoms with E-state index in [-0.39, 0.29) is 12.5 Å². The Morgan fingerprint density at radius 2 is 2.00 bits per heavy atom. The van der Waals surface area contributed by atoms with E-state index in [0.29, 0.717) is 11.8 Å². The van der Waals surface area contributed by atoms with Crippen LogP contribution in [-0.2, 0) is 17.9 Å². The fourth-order valence-electron chi connectivity index (χ4n) is 4.93. The molecular formula is C25H30N4O2. The van der Waals surface area contributed by atoms with Crippen LogP contribution >= 0.6 is 0 Å². The molecule has 5 rings (SSSR count). The van der Waals surface area contributed by atoms with Crippen molar-refractivity contribution in [2.24, 2.45) is 0 Å². The number of imidazole rings is 1. The van der Waals surface area contributed by atoms with Gasteiger partial charge in [0.2, 0.25) is 0 Å². The second-order valence-corrected chi connectivity index (χ2v) is 8.80. The third kappa shape index (κ3) is 4.44. The summed E-state index contributed by atoms with van der Waals surface area (Å²) >= 11 is 0. The summed E-state index contributed by atoms with van der Waals surface area (Å²) in [5, 5.41) is 2.94. The summed E-state index contributed by atoms with van der Waals surface area (Å²) in [5.41, 5.74) is 3.95. The number of fused-ring (bicyclic) bond motifs is 3. The van der Waals surface area contributed by atoms with Gasteiger partial charge in [-0.05, 0) is 55.7 Å². The van der Waals surface area contributed by atoms with E-state index in [9.17, 15) is 4.79 Å². The highest BCUT2D eigenvalue weighted by Crippen LogP contribution is 2.28. The molecule has 0 atom stereocenters. The average Bonchev–Trinajstić information content (AvgIpc) is 3.15. The minimum Gasteiger partial charge on any atom is -0.484 e. The van der Waals surface area contributed by atoms with Crippen molar-refractivity contribution >= 4 is 22.6 Å². The lowest BCUT2D eigenvalue weighted by molar-refractivity contribution is -0.118. The normalized spacial score (nSPS) is 17.5. The SMILES string of the molecule is Cc1cccc(OCC(=O)Nc2ccc3c(c2)nc2n3CCN(C3CCCCC3)C2)c1. The third-order valence-electron chi connectivity index (χ3n) is 6.52. The van der Waals surface area contributed by atoms with E-state index in [0.717, 1.165) is 47.7 Å². The van der Waals surface area contributed by atoms with Crippen molar-refractivity contribution in [2.75, 3.05) is 18.5 Å². The molecule has 1 aliphatic heterocycles. The first-order valence-corrected chi connectivity index (χ1v) is 11.4. The Hall–Kier alpha value is -2.86. The summed E-state index contributed by atoms with van der Waals surface area (Å²) in [4.78, 5) is 19.9. The first-order chi connectivity index (χ1) is 15.2. The van der Waals surface area contributed by atoms with Gasteiger partial charge in [0.15, 0.2) is 6.61 Å². The molecule has 1 saturated carbocycles. The highest BCUT2D eigenvalue weighted by atomic mass is 16.5. The average molecular weight is 419 g/mol. The van der Waals surface area contributed by atoms with Gasteiger partial charge in [-0.25, -0.2) is 4.98 Å². The number of nitrogens with zero attached hydrogens (tertiary/aromatic N) is 3. The van der Waals surface area contributed by atoms with Crippen molar-refractivity contribution in [1.29, 1.82) is 0 Å². The van der Waals surface area contributed by atoms with Gasteiger partial charge in [-0.1, -0.05) is 31.4 Å². The molecular weight excluding hydrogens is 388 g/mol. The zero-order valence-electron chi connectivity index (χ0n) is 18.1. The van der Waals surface area contributed by atoms with Crippen LogP contribution in [0.1, 0.15) is 43.5 Å². The van der Waals surface area contributed by atoms with Crippen molar-refractivity contribution in [3.63, 3.8) is 0 Å². The van der Waals surface area contributed by atoms with Crippen molar-refractivity contribution < 1.29 is 9.53 Å². The van der Waals surface area contributed by atoms with Crippen LogP contribution in [0.25, 0.3) is 11.0 Å². The number of carbonyl (C=O) groups excluding carboxylic acids is 1. The first-order valence-electron chi connectivity index (χ1n) is 11.4. The lowest BCUT2D eigenvalue weighted by Crippen LogP contribution is -2.42. The number of ether oxygens (including phenoxy) is 1. The number of carbonyl (C=O) groups is 1. The van der Waals surface area contributed by atoms with Crippen molar-refractivity contribution in [3.05, 3.63) is 53.9 Å². The number of hydrogen-bond donors (Lipinski definition) is 1. The molecule has 6 heteroatoms. The van der Waals surface area contributed by atoms with Gasteiger partial charge < -0.3 is 14.6 Å². The fraction of sp³-hybridized carbons (Fsp3) is 0.440. The Morgan fingerprint density at radius 1 is 1.13 bits per heavy atom. The summed E-state index contributed by atoms with van der Waals surface area (Å²) in [6.45, 7) is 4.99. The van der Waals surface area contributed by atoms with Gasteiger partial charge in [-0.15, -0.1) is 0 Å². The van der Waals surface area contributed by atoms with Gasteiger partial charge in [0.25, 0.3) is 5.91 Å². The molecule has 2 aliphatic rings. The highest BCUT2D eigenvalue weighted by Gasteiger charge is 2.26. The number of anilines is 1. The minimum absolute atomic E-state index is 0.0163. The Bertz CT molecular complexity index is 1080. The number of rotatable bonds is 5. The lowest BCUT2D eigenvalue weighted by Gasteiger charge is -2.36. The monoisotopic (exact) mass is 418 g/mol. The van der Waals surface area contributed by atoms with Gasteiger partial charge in [-0.3, -0.25) is 9.69 Å². The number of amides is 1. The predicted octanol–water partition coefficient (Wildman–Crippen LogP) is 4.51. The van der Waals surface area contributed by atoms with E-state index in [4.69, 9.17) is 9.72 Å². The predicted molar refractivity (Wildman–Crippen MR) is 122 cm³/mol. The van der Waals surface area contributed by atoms with Crippen molar-refractivity contribution in [3.8, 4) is 5.75 Å². The number of hydrogen-bond acceptors (Lipinski definition) is 4. The largest absolute Gasteiger partial charge is 0.484 e. The van der Waals surface area contributed by atoms with Crippen LogP contribution in [0, 0.1) is 6.92 Å². The second kappa shape index (κ2) is 8.71. The topological polar surface area (TPSA) is 59.4 Å². The molecule has 1 N–H and O–H groups in total. The van der Waals surface area contributed by atoms with Crippen LogP contribution in [0.2, 0.25) is 0 Å². The molecule has 1 aliphatic carbocycles. The lowest BCUT2D eigenvalue weighted by atomic mass is 9.94. The van der Waals surface area contributed by atoms with Gasteiger partial charge in [0.1, 0.15) is 11.6 Å². The summed E-state index contributed by atoms with van der Waals surface area (Å²) in [5.74, 6) is 1.67. The second-order valence-electron chi connectivity index (χ2n) is 8.80. The molecule has 0 spiro atoms. The smallest absolute Gasteiger partial charge is 0.262 e. The van der Waals surface area contributed by atoms with Gasteiger partial charge in [-0.2, -0.15) is 0 Å². The fourth-order valence-corrected chi connectivity index (χ4v) is 4.93. The Balaban J connectivity index is 1.25. The molecule has 31 heavy (non-hydrogen) atoms. The molecule has 162 valence electrons. The molecule has 0 saturated heterocycles. The van der Waals surface area contributed by atoms with E-state index in [1.807, 2.05) is 43.3 Å². The number of benzene rings is 2. The van der Waals surface area contributed by atoms with Crippen LogP contribution in [-0.4, -0.2) is 39.6 Å². The molecule has 3 aromatic rings. The standard InChI is InChI=1S/C25H30N4O2/c1-18-6-5-9-21(14-18)31-17-25(30)26-19-10-11-23-22(15-19)27-24-16-28(12-13-29(23)24)20-7-3-2-4-8-20/h5-6,9-11,14-15,20H,2-4,7-8,12-13,16-17H2,1H3,(H,26,30). The number of aromatic nitrogens is 2. The van der Waals surface area contributed by atoms with Crippen LogP contribution in [0.5, 0.6) is 5.75 Å². The highest BCUT2D eigenvalue weighted by molar-refractivity contribution is 5.94. The molecule has 0 unspecified atom stereocenters. The molecule has 0 radical (unpaired) electrons. The molecule has 1 amide bonds. The van der Waals surface area contributed by atoms with E-state index >= 15 is 0 Å². The van der Waals surface area contributed by atoms with E-state index < -0.39 is 0 Å². The summed E-state index contributed by atoms with van der Waals surface area (Å²) in [7, 11) is 0. The van der Waals surface area contributed by atoms with E-state index in [2.05, 4.69) is 20.9 Å². The Kier molecular flexibility index (Phi) is 5.64. The number of aryl methyl sites for hydroxylation is 1. The molecule has 0 bridgehead atoms. The molecule has 6 nitrogen and oxygen atoms in total. The van der Waals surface area contributed by atoms with Gasteiger partial charge in [0.05, 0.1) is 17.6 Å². The van der Waals surface area contributed by atoms with E-state index in [1.165, 1.54) is 32.1 Å². The summed E-state index contributed by atoms with van der Waals surface area (Å²) in [6.07, 6.45) is 6.73. The van der Waals surface area contributed by atoms with Crippen LogP contribution in [0.3, 0.4) is 0 Å². The molecule has 2 aromatic carbocycles. The van der Waals surface area contributed by atoms with Crippen LogP contribution < -0.4 is 10.1 Å². The molecule has 1 aromatic heterocycles. The quantitative estimate of drug-likeness (QED) is 0.662. The molecule has 1 fully saturated rings. The summed E-state index contributed by atoms with van der Waals surface area (Å²) in [6, 6.07) is 14.4. The maximum absolute atomic E-state index is 12.4. The van der Waals surface area contributed by atoms with Crippen LogP contribution in [0.4, 0.5) is 5.69 Å². The zero-order chi connectivity index (χ0) is 21.2. The zero-order valence-corrected chi connectivity index (χ0v) is 18.1. The van der Waals surface area contributed by atoms with Crippen LogP contribution in [0.15, 0.2) is 42.5 Å². The van der Waals surface area contributed by atoms with Crippen molar-refractivity contribution in [1.82, 2.24) is 14.5 Å². The third-order valence-corrected chi connectivity index (χ3v) is 6.52. The van der Waals surface area contributed by atoms with Gasteiger partial charge in [0, 0.05) is 24.8 Å². The summed E-state index contributed by atoms with van der Waals surface area (Å²) < 4.78 is 7.94. The maximum Gasteiger partial charge on any atom is 0.262 e. The van der Waals surface area contributed by atoms with Gasteiger partial charge >= 0.3 is 0 Å². The van der Waals surface area contributed by atoms with Crippen molar-refractivity contribution in [2.45, 2.75) is 58.2 Å².